The summed E-state index contributed by atoms with van der Waals surface area (Å²) in [6.07, 6.45) is -3.88. The molecule has 0 unspecified atom stereocenters. The number of benzene rings is 1. The standard InChI is InChI=1S/C12H15F3N2O2S/c13-12(14,15)10-7-8(16)1-2-11(10)17-9-3-5-20(18,19)6-4-9/h1-2,7,9,17H,3-6,16H2. The lowest BCUT2D eigenvalue weighted by Gasteiger charge is -2.25. The van der Waals surface area contributed by atoms with Crippen molar-refractivity contribution in [3.8, 4) is 0 Å². The second kappa shape index (κ2) is 5.16. The highest BCUT2D eigenvalue weighted by Gasteiger charge is 2.34. The van der Waals surface area contributed by atoms with E-state index >= 15 is 0 Å². The van der Waals surface area contributed by atoms with Crippen molar-refractivity contribution < 1.29 is 21.6 Å². The number of halogens is 3. The maximum absolute atomic E-state index is 12.9. The van der Waals surface area contributed by atoms with Crippen molar-refractivity contribution in [2.45, 2.75) is 25.1 Å². The smallest absolute Gasteiger partial charge is 0.399 e. The second-order valence-electron chi connectivity index (χ2n) is 4.87. The molecular formula is C12H15F3N2O2S. The molecule has 0 saturated carbocycles. The van der Waals surface area contributed by atoms with E-state index in [1.54, 1.807) is 0 Å². The van der Waals surface area contributed by atoms with E-state index in [2.05, 4.69) is 5.32 Å². The van der Waals surface area contributed by atoms with Crippen LogP contribution < -0.4 is 11.1 Å². The monoisotopic (exact) mass is 308 g/mol. The van der Waals surface area contributed by atoms with Gasteiger partial charge < -0.3 is 11.1 Å². The molecule has 0 aliphatic carbocycles. The first kappa shape index (κ1) is 15.0. The summed E-state index contributed by atoms with van der Waals surface area (Å²) in [6, 6.07) is 3.27. The van der Waals surface area contributed by atoms with Crippen LogP contribution in [0.4, 0.5) is 24.5 Å². The fourth-order valence-corrected chi connectivity index (χ4v) is 3.67. The van der Waals surface area contributed by atoms with Crippen LogP contribution in [-0.2, 0) is 16.0 Å². The van der Waals surface area contributed by atoms with Gasteiger partial charge in [-0.1, -0.05) is 0 Å². The number of alkyl halides is 3. The first-order chi connectivity index (χ1) is 9.17. The van der Waals surface area contributed by atoms with E-state index < -0.39 is 21.6 Å². The number of sulfone groups is 1. The van der Waals surface area contributed by atoms with Crippen molar-refractivity contribution in [3.63, 3.8) is 0 Å². The van der Waals surface area contributed by atoms with Gasteiger partial charge in [0.2, 0.25) is 0 Å². The Hall–Kier alpha value is -1.44. The van der Waals surface area contributed by atoms with Gasteiger partial charge in [0, 0.05) is 17.4 Å². The summed E-state index contributed by atoms with van der Waals surface area (Å²) in [5, 5.41) is 2.78. The van der Waals surface area contributed by atoms with Crippen molar-refractivity contribution >= 4 is 21.2 Å². The molecule has 0 radical (unpaired) electrons. The minimum Gasteiger partial charge on any atom is -0.399 e. The van der Waals surface area contributed by atoms with Gasteiger partial charge in [-0.15, -0.1) is 0 Å². The molecule has 1 aromatic carbocycles. The molecule has 0 spiro atoms. The fraction of sp³-hybridized carbons (Fsp3) is 0.500. The third kappa shape index (κ3) is 3.56. The van der Waals surface area contributed by atoms with Gasteiger partial charge in [0.25, 0.3) is 0 Å². The third-order valence-corrected chi connectivity index (χ3v) is 4.98. The Kier molecular flexibility index (Phi) is 3.86. The normalized spacial score (nSPS) is 19.8. The number of hydrogen-bond acceptors (Lipinski definition) is 4. The largest absolute Gasteiger partial charge is 0.418 e. The number of nitrogen functional groups attached to an aromatic ring is 1. The van der Waals surface area contributed by atoms with Crippen molar-refractivity contribution in [1.29, 1.82) is 0 Å². The van der Waals surface area contributed by atoms with Gasteiger partial charge in [-0.3, -0.25) is 0 Å². The molecule has 3 N–H and O–H groups in total. The quantitative estimate of drug-likeness (QED) is 0.822. The van der Waals surface area contributed by atoms with E-state index in [0.29, 0.717) is 12.8 Å². The Morgan fingerprint density at radius 3 is 2.35 bits per heavy atom. The van der Waals surface area contributed by atoms with Crippen LogP contribution >= 0.6 is 0 Å². The highest BCUT2D eigenvalue weighted by atomic mass is 32.2. The molecular weight excluding hydrogens is 293 g/mol. The molecule has 1 aromatic rings. The van der Waals surface area contributed by atoms with Crippen LogP contribution in [0.1, 0.15) is 18.4 Å². The zero-order valence-electron chi connectivity index (χ0n) is 10.6. The average molecular weight is 308 g/mol. The lowest BCUT2D eigenvalue weighted by atomic mass is 10.1. The first-order valence-electron chi connectivity index (χ1n) is 6.11. The summed E-state index contributed by atoms with van der Waals surface area (Å²) in [5.41, 5.74) is 4.53. The zero-order valence-corrected chi connectivity index (χ0v) is 11.4. The van der Waals surface area contributed by atoms with Gasteiger partial charge in [-0.05, 0) is 31.0 Å². The molecule has 8 heteroatoms. The molecule has 0 aromatic heterocycles. The summed E-state index contributed by atoms with van der Waals surface area (Å²) in [5.74, 6) is 0.00196. The molecule has 112 valence electrons. The average Bonchev–Trinajstić information content (AvgIpc) is 2.33. The SMILES string of the molecule is Nc1ccc(NC2CCS(=O)(=O)CC2)c(C(F)(F)F)c1. The van der Waals surface area contributed by atoms with Crippen LogP contribution in [-0.4, -0.2) is 26.0 Å². The van der Waals surface area contributed by atoms with Crippen molar-refractivity contribution in [2.24, 2.45) is 0 Å². The highest BCUT2D eigenvalue weighted by Crippen LogP contribution is 2.36. The van der Waals surface area contributed by atoms with Gasteiger partial charge >= 0.3 is 6.18 Å². The first-order valence-corrected chi connectivity index (χ1v) is 7.93. The van der Waals surface area contributed by atoms with Gasteiger partial charge in [-0.25, -0.2) is 8.42 Å². The minimum absolute atomic E-state index is 0.000982. The molecule has 1 aliphatic heterocycles. The Morgan fingerprint density at radius 2 is 1.80 bits per heavy atom. The van der Waals surface area contributed by atoms with Gasteiger partial charge in [0.1, 0.15) is 9.84 Å². The molecule has 1 aliphatic rings. The fourth-order valence-electron chi connectivity index (χ4n) is 2.18. The Morgan fingerprint density at radius 1 is 1.20 bits per heavy atom. The zero-order chi connectivity index (χ0) is 15.0. The van der Waals surface area contributed by atoms with Crippen LogP contribution in [0, 0.1) is 0 Å². The molecule has 20 heavy (non-hydrogen) atoms. The van der Waals surface area contributed by atoms with Crippen LogP contribution in [0.15, 0.2) is 18.2 Å². The van der Waals surface area contributed by atoms with E-state index in [1.807, 2.05) is 0 Å². The van der Waals surface area contributed by atoms with Crippen LogP contribution in [0.2, 0.25) is 0 Å². The summed E-state index contributed by atoms with van der Waals surface area (Å²) in [6.45, 7) is 0. The summed E-state index contributed by atoms with van der Waals surface area (Å²) >= 11 is 0. The number of anilines is 2. The van der Waals surface area contributed by atoms with Gasteiger partial charge in [-0.2, -0.15) is 13.2 Å². The van der Waals surface area contributed by atoms with Crippen molar-refractivity contribution in [1.82, 2.24) is 0 Å². The summed E-state index contributed by atoms with van der Waals surface area (Å²) in [7, 11) is -3.04. The predicted octanol–water partition coefficient (Wildman–Crippen LogP) is 2.28. The summed E-state index contributed by atoms with van der Waals surface area (Å²) in [4.78, 5) is 0. The molecule has 0 bridgehead atoms. The lowest BCUT2D eigenvalue weighted by Crippen LogP contribution is -2.32. The van der Waals surface area contributed by atoms with Gasteiger partial charge in [0.05, 0.1) is 17.1 Å². The van der Waals surface area contributed by atoms with E-state index in [9.17, 15) is 21.6 Å². The highest BCUT2D eigenvalue weighted by molar-refractivity contribution is 7.91. The van der Waals surface area contributed by atoms with Crippen molar-refractivity contribution in [2.75, 3.05) is 22.6 Å². The van der Waals surface area contributed by atoms with Crippen LogP contribution in [0.5, 0.6) is 0 Å². The van der Waals surface area contributed by atoms with Gasteiger partial charge in [0.15, 0.2) is 0 Å². The minimum atomic E-state index is -4.50. The second-order valence-corrected chi connectivity index (χ2v) is 7.18. The molecule has 1 saturated heterocycles. The molecule has 2 rings (SSSR count). The Bertz CT molecular complexity index is 585. The molecule has 0 amide bonds. The Labute approximate surface area is 115 Å². The van der Waals surface area contributed by atoms with Crippen LogP contribution in [0.3, 0.4) is 0 Å². The van der Waals surface area contributed by atoms with Crippen molar-refractivity contribution in [3.05, 3.63) is 23.8 Å². The summed E-state index contributed by atoms with van der Waals surface area (Å²) < 4.78 is 61.3. The topological polar surface area (TPSA) is 72.2 Å². The molecule has 0 atom stereocenters. The van der Waals surface area contributed by atoms with E-state index in [4.69, 9.17) is 5.73 Å². The number of rotatable bonds is 2. The molecule has 1 fully saturated rings. The van der Waals surface area contributed by atoms with Crippen LogP contribution in [0.25, 0.3) is 0 Å². The number of nitrogens with one attached hydrogen (secondary N) is 1. The maximum Gasteiger partial charge on any atom is 0.418 e. The number of hydrogen-bond donors (Lipinski definition) is 2. The third-order valence-electron chi connectivity index (χ3n) is 3.26. The lowest BCUT2D eigenvalue weighted by molar-refractivity contribution is -0.136. The van der Waals surface area contributed by atoms with E-state index in [-0.39, 0.29) is 28.9 Å². The predicted molar refractivity (Wildman–Crippen MR) is 71.2 cm³/mol. The molecule has 1 heterocycles. The number of nitrogens with two attached hydrogens (primary N) is 1. The van der Waals surface area contributed by atoms with E-state index in [0.717, 1.165) is 6.07 Å². The Balaban J connectivity index is 2.18. The molecule has 4 nitrogen and oxygen atoms in total. The van der Waals surface area contributed by atoms with E-state index in [1.165, 1.54) is 12.1 Å². The maximum atomic E-state index is 12.9.